The zero-order valence-electron chi connectivity index (χ0n) is 29.9. The predicted molar refractivity (Wildman–Crippen MR) is 177 cm³/mol. The molecule has 2 aromatic carbocycles. The van der Waals surface area contributed by atoms with Crippen LogP contribution in [0.5, 0.6) is 0 Å². The van der Waals surface area contributed by atoms with Crippen molar-refractivity contribution in [3.05, 3.63) is 82.9 Å². The quantitative estimate of drug-likeness (QED) is 0.202. The summed E-state index contributed by atoms with van der Waals surface area (Å²) in [6.07, 6.45) is -7.16. The first-order chi connectivity index (χ1) is 23.5. The molecule has 12 nitrogen and oxygen atoms in total. The maximum atomic E-state index is 14.6. The van der Waals surface area contributed by atoms with Gasteiger partial charge in [-0.05, 0) is 48.6 Å². The smallest absolute Gasteiger partial charge is 0.338 e. The number of rotatable bonds is 7. The summed E-state index contributed by atoms with van der Waals surface area (Å²) in [6.45, 7) is 7.49. The Morgan fingerprint density at radius 1 is 0.962 bits per heavy atom. The van der Waals surface area contributed by atoms with Gasteiger partial charge in [0.05, 0.1) is 24.3 Å². The fourth-order valence-corrected chi connectivity index (χ4v) is 8.97. The molecule has 0 spiro atoms. The van der Waals surface area contributed by atoms with Crippen LogP contribution in [-0.2, 0) is 28.6 Å². The second-order valence-corrected chi connectivity index (χ2v) is 15.0. The van der Waals surface area contributed by atoms with E-state index < -0.39 is 88.1 Å². The molecular formula is C38H45Ac2NO11. The van der Waals surface area contributed by atoms with E-state index in [-0.39, 0.29) is 124 Å². The zero-order valence-corrected chi connectivity index (χ0v) is 39.4. The first-order valence-corrected chi connectivity index (χ1v) is 16.9. The van der Waals surface area contributed by atoms with Crippen LogP contribution < -0.4 is 5.32 Å². The van der Waals surface area contributed by atoms with Crippen LogP contribution in [-0.4, -0.2) is 92.4 Å². The third-order valence-electron chi connectivity index (χ3n) is 11.8. The van der Waals surface area contributed by atoms with Crippen molar-refractivity contribution >= 4 is 23.6 Å². The van der Waals surface area contributed by atoms with Crippen LogP contribution in [0.2, 0.25) is 0 Å². The summed E-state index contributed by atoms with van der Waals surface area (Å²) in [4.78, 5) is 54.2. The van der Waals surface area contributed by atoms with Crippen molar-refractivity contribution in [1.29, 1.82) is 0 Å². The summed E-state index contributed by atoms with van der Waals surface area (Å²) in [5.74, 6) is -4.31. The van der Waals surface area contributed by atoms with E-state index in [1.807, 2.05) is 0 Å². The summed E-state index contributed by atoms with van der Waals surface area (Å²) < 4.78 is 17.9. The molecule has 10 atom stereocenters. The van der Waals surface area contributed by atoms with Crippen LogP contribution in [0.25, 0.3) is 0 Å². The number of ether oxygens (including phenoxy) is 3. The van der Waals surface area contributed by atoms with Crippen molar-refractivity contribution in [2.24, 2.45) is 16.7 Å². The molecule has 1 saturated heterocycles. The topological polar surface area (TPSA) is 189 Å². The van der Waals surface area contributed by atoms with Crippen LogP contribution in [0, 0.1) is 105 Å². The van der Waals surface area contributed by atoms with E-state index in [0.29, 0.717) is 12.0 Å². The fourth-order valence-electron chi connectivity index (χ4n) is 8.97. The Bertz CT molecular complexity index is 1720. The molecule has 6 rings (SSSR count). The Labute approximate surface area is 374 Å². The molecule has 2 aromatic rings. The number of Topliss-reactive ketones (excluding diaryl/α,β-unsaturated/α-hetero) is 1. The first-order valence-electron chi connectivity index (χ1n) is 16.9. The van der Waals surface area contributed by atoms with Crippen LogP contribution in [0.15, 0.2) is 71.8 Å². The van der Waals surface area contributed by atoms with Gasteiger partial charge in [0, 0.05) is 118 Å². The summed E-state index contributed by atoms with van der Waals surface area (Å²) in [5, 5.41) is 51.1. The Hall–Kier alpha value is -1.06. The summed E-state index contributed by atoms with van der Waals surface area (Å²) in [6, 6.07) is 15.3. The van der Waals surface area contributed by atoms with E-state index in [4.69, 9.17) is 14.2 Å². The molecule has 5 N–H and O–H groups in total. The molecule has 4 aliphatic rings. The average Bonchev–Trinajstić information content (AvgIpc) is 3.07. The zero-order chi connectivity index (χ0) is 36.4. The standard InChI is InChI=1S/C38H45NO11.2Ac/c1-20-24(49-34(45)29(42)27(39-21(2)40)22-12-8-6-9-13-22)18-38(47)32(50-33(44)23-14-10-7-11-15-23)30-36(5,17-16-25-37(30,46)19-48-25)31(43)28(41)26(20)35(38,3)4;;/h6-15,24-25,27-30,32,41-42,46-47H,16-19H2,1-5H3,(H,39,40);;/t24?,25?,27?,28?,29?,30?,32?,36-,37?,38?;;/m1../s1. The second-order valence-electron chi connectivity index (χ2n) is 15.0. The van der Waals surface area contributed by atoms with E-state index in [1.165, 1.54) is 6.92 Å². The van der Waals surface area contributed by atoms with Crippen LogP contribution in [0.3, 0.4) is 0 Å². The van der Waals surface area contributed by atoms with Gasteiger partial charge in [0.1, 0.15) is 29.5 Å². The number of esters is 2. The molecule has 3 aliphatic carbocycles. The van der Waals surface area contributed by atoms with Gasteiger partial charge in [-0.25, -0.2) is 9.59 Å². The monoisotopic (exact) mass is 1150 g/mol. The molecule has 2 saturated carbocycles. The van der Waals surface area contributed by atoms with Gasteiger partial charge in [0.15, 0.2) is 11.9 Å². The molecule has 1 amide bonds. The molecule has 52 heavy (non-hydrogen) atoms. The average molecular weight is 1150 g/mol. The molecular weight excluding hydrogens is 1100 g/mol. The maximum Gasteiger partial charge on any atom is 0.338 e. The van der Waals surface area contributed by atoms with Gasteiger partial charge in [-0.2, -0.15) is 0 Å². The summed E-state index contributed by atoms with van der Waals surface area (Å²) in [7, 11) is 0. The minimum absolute atomic E-state index is 0. The number of hydrogen-bond acceptors (Lipinski definition) is 11. The number of aliphatic hydroxyl groups is 4. The Kier molecular flexibility index (Phi) is 13.6. The first kappa shape index (κ1) is 43.7. The van der Waals surface area contributed by atoms with Gasteiger partial charge in [0.25, 0.3) is 0 Å². The van der Waals surface area contributed by atoms with Crippen LogP contribution in [0.1, 0.15) is 75.8 Å². The largest absolute Gasteiger partial charge is 0.456 e. The Morgan fingerprint density at radius 3 is 2.12 bits per heavy atom. The maximum absolute atomic E-state index is 14.6. The van der Waals surface area contributed by atoms with Gasteiger partial charge >= 0.3 is 11.9 Å². The van der Waals surface area contributed by atoms with Gasteiger partial charge in [-0.3, -0.25) is 9.59 Å². The van der Waals surface area contributed by atoms with Gasteiger partial charge in [-0.15, -0.1) is 0 Å². The minimum atomic E-state index is -2.15. The molecule has 0 aromatic heterocycles. The number of aliphatic hydroxyl groups excluding tert-OH is 2. The predicted octanol–water partition coefficient (Wildman–Crippen LogP) is 2.33. The number of hydrogen-bond donors (Lipinski definition) is 5. The molecule has 1 aliphatic heterocycles. The van der Waals surface area contributed by atoms with Crippen molar-refractivity contribution in [3.8, 4) is 0 Å². The molecule has 2 bridgehead atoms. The third-order valence-corrected chi connectivity index (χ3v) is 11.8. The van der Waals surface area contributed by atoms with Gasteiger partial charge in [-0.1, -0.05) is 69.3 Å². The number of nitrogens with one attached hydrogen (secondary N) is 1. The molecule has 3 fully saturated rings. The minimum Gasteiger partial charge on any atom is -0.456 e. The van der Waals surface area contributed by atoms with E-state index in [0.717, 1.165) is 0 Å². The van der Waals surface area contributed by atoms with Crippen molar-refractivity contribution in [3.63, 3.8) is 0 Å². The van der Waals surface area contributed by atoms with Crippen molar-refractivity contribution < 1.29 is 142 Å². The van der Waals surface area contributed by atoms with Gasteiger partial charge in [0.2, 0.25) is 5.91 Å². The second kappa shape index (κ2) is 16.2. The number of fused-ring (bicyclic) bond motifs is 5. The number of amides is 1. The van der Waals surface area contributed by atoms with Crippen LogP contribution >= 0.6 is 0 Å². The van der Waals surface area contributed by atoms with E-state index >= 15 is 0 Å². The molecule has 9 unspecified atom stereocenters. The normalized spacial score (nSPS) is 34.2. The van der Waals surface area contributed by atoms with Crippen molar-refractivity contribution in [2.75, 3.05) is 6.61 Å². The van der Waals surface area contributed by atoms with E-state index in [9.17, 15) is 39.6 Å². The number of carbonyl (C=O) groups is 4. The molecule has 274 valence electrons. The van der Waals surface area contributed by atoms with Gasteiger partial charge < -0.3 is 40.0 Å². The number of benzene rings is 2. The third kappa shape index (κ3) is 7.21. The Morgan fingerprint density at radius 2 is 1.56 bits per heavy atom. The Balaban J connectivity index is 0.00000302. The van der Waals surface area contributed by atoms with Crippen molar-refractivity contribution in [1.82, 2.24) is 5.32 Å². The molecule has 2 radical (unpaired) electrons. The molecule has 1 heterocycles. The summed E-state index contributed by atoms with van der Waals surface area (Å²) in [5.41, 5.74) is -5.82. The number of ketones is 1. The molecule has 14 heteroatoms. The SMILES string of the molecule is CC(=O)NC(c1ccccc1)C(O)C(=O)OC1CC2(O)C(OC(=O)c3ccccc3)C3C4(O)COC4CC[C@@]3(C)C(=O)C(O)C(=C1C)C2(C)C.[Ac].[Ac]. The number of carbonyl (C=O) groups excluding carboxylic acids is 4. The summed E-state index contributed by atoms with van der Waals surface area (Å²) >= 11 is 0. The van der Waals surface area contributed by atoms with E-state index in [2.05, 4.69) is 5.32 Å². The van der Waals surface area contributed by atoms with E-state index in [1.54, 1.807) is 88.4 Å². The fraction of sp³-hybridized carbons (Fsp3) is 0.526. The van der Waals surface area contributed by atoms with Crippen molar-refractivity contribution in [2.45, 2.75) is 102 Å². The van der Waals surface area contributed by atoms with Crippen LogP contribution in [0.4, 0.5) is 0 Å².